The van der Waals surface area contributed by atoms with Crippen LogP contribution >= 0.6 is 27.3 Å². The average Bonchev–Trinajstić information content (AvgIpc) is 3.06. The van der Waals surface area contributed by atoms with Crippen LogP contribution in [0, 0.1) is 6.92 Å². The molecule has 2 aromatic rings. The number of nitrogens with zero attached hydrogens (tertiary/aromatic N) is 2. The first kappa shape index (κ1) is 21.1. The van der Waals surface area contributed by atoms with E-state index in [1.807, 2.05) is 0 Å². The molecular weight excluding hydrogens is 438 g/mol. The van der Waals surface area contributed by atoms with Crippen molar-refractivity contribution in [2.75, 3.05) is 11.9 Å². The van der Waals surface area contributed by atoms with Gasteiger partial charge in [-0.15, -0.1) is 11.3 Å². The zero-order valence-electron chi connectivity index (χ0n) is 15.6. The molecule has 0 aliphatic rings. The van der Waals surface area contributed by atoms with Crippen molar-refractivity contribution in [3.8, 4) is 0 Å². The minimum atomic E-state index is -0.617. The number of carbonyl (C=O) groups excluding carboxylic acids is 3. The van der Waals surface area contributed by atoms with Gasteiger partial charge in [0.1, 0.15) is 15.6 Å². The van der Waals surface area contributed by atoms with E-state index in [1.165, 1.54) is 10.9 Å². The van der Waals surface area contributed by atoms with Crippen molar-refractivity contribution in [1.82, 2.24) is 9.78 Å². The molecule has 2 heterocycles. The molecule has 2 rings (SSSR count). The third-order valence-corrected chi connectivity index (χ3v) is 5.26. The standard InChI is InChI=1S/C17H20BrN3O5S/c1-6-25-17(24)13-9(4)11(16(23)26-8(2)3)15(27-13)20-14(22)12-10(18)7-19-21(12)5/h7-8H,6H2,1-5H3,(H,20,22). The van der Waals surface area contributed by atoms with Crippen LogP contribution in [0.2, 0.25) is 0 Å². The van der Waals surface area contributed by atoms with Crippen LogP contribution in [0.15, 0.2) is 10.7 Å². The highest BCUT2D eigenvalue weighted by Crippen LogP contribution is 2.35. The largest absolute Gasteiger partial charge is 0.462 e. The third kappa shape index (κ3) is 4.56. The zero-order chi connectivity index (χ0) is 20.3. The number of amides is 1. The van der Waals surface area contributed by atoms with E-state index in [1.54, 1.807) is 34.7 Å². The maximum Gasteiger partial charge on any atom is 0.348 e. The number of halogens is 1. The van der Waals surface area contributed by atoms with E-state index >= 15 is 0 Å². The molecule has 146 valence electrons. The molecule has 0 fully saturated rings. The molecule has 0 aromatic carbocycles. The van der Waals surface area contributed by atoms with Crippen LogP contribution in [0.3, 0.4) is 0 Å². The Morgan fingerprint density at radius 3 is 2.52 bits per heavy atom. The predicted octanol–water partition coefficient (Wildman–Crippen LogP) is 3.55. The SMILES string of the molecule is CCOC(=O)c1sc(NC(=O)c2c(Br)cnn2C)c(C(=O)OC(C)C)c1C. The normalized spacial score (nSPS) is 10.8. The van der Waals surface area contributed by atoms with Gasteiger partial charge in [0.05, 0.1) is 28.9 Å². The summed E-state index contributed by atoms with van der Waals surface area (Å²) in [5.41, 5.74) is 0.828. The zero-order valence-corrected chi connectivity index (χ0v) is 18.0. The molecule has 0 spiro atoms. The third-order valence-electron chi connectivity index (χ3n) is 3.49. The van der Waals surface area contributed by atoms with Gasteiger partial charge in [0.25, 0.3) is 5.91 Å². The summed E-state index contributed by atoms with van der Waals surface area (Å²) in [5, 5.41) is 6.91. The van der Waals surface area contributed by atoms with Crippen LogP contribution in [-0.2, 0) is 16.5 Å². The highest BCUT2D eigenvalue weighted by atomic mass is 79.9. The summed E-state index contributed by atoms with van der Waals surface area (Å²) in [6, 6.07) is 0. The molecule has 1 N–H and O–H groups in total. The Hall–Kier alpha value is -2.20. The quantitative estimate of drug-likeness (QED) is 0.665. The molecule has 0 aliphatic heterocycles. The first-order valence-corrected chi connectivity index (χ1v) is 9.78. The molecule has 8 nitrogen and oxygen atoms in total. The number of aromatic nitrogens is 2. The Morgan fingerprint density at radius 1 is 1.33 bits per heavy atom. The van der Waals surface area contributed by atoms with Gasteiger partial charge in [0.15, 0.2) is 0 Å². The fourth-order valence-electron chi connectivity index (χ4n) is 2.34. The fraction of sp³-hybridized carbons (Fsp3) is 0.412. The number of nitrogens with one attached hydrogen (secondary N) is 1. The molecule has 0 bridgehead atoms. The summed E-state index contributed by atoms with van der Waals surface area (Å²) in [6.07, 6.45) is 1.14. The number of aryl methyl sites for hydroxylation is 1. The second-order valence-corrected chi connectivity index (χ2v) is 7.73. The van der Waals surface area contributed by atoms with Gasteiger partial charge < -0.3 is 14.8 Å². The van der Waals surface area contributed by atoms with Crippen LogP contribution in [-0.4, -0.2) is 40.3 Å². The maximum absolute atomic E-state index is 12.7. The lowest BCUT2D eigenvalue weighted by Gasteiger charge is -2.10. The van der Waals surface area contributed by atoms with Gasteiger partial charge in [-0.1, -0.05) is 0 Å². The molecule has 1 amide bonds. The number of anilines is 1. The highest BCUT2D eigenvalue weighted by Gasteiger charge is 2.29. The number of carbonyl (C=O) groups is 3. The van der Waals surface area contributed by atoms with E-state index in [2.05, 4.69) is 26.3 Å². The molecule has 0 atom stereocenters. The lowest BCUT2D eigenvalue weighted by molar-refractivity contribution is 0.0379. The van der Waals surface area contributed by atoms with Crippen LogP contribution in [0.25, 0.3) is 0 Å². The van der Waals surface area contributed by atoms with E-state index in [0.29, 0.717) is 10.0 Å². The number of ether oxygens (including phenoxy) is 2. The van der Waals surface area contributed by atoms with Crippen molar-refractivity contribution in [3.05, 3.63) is 32.4 Å². The molecule has 2 aromatic heterocycles. The number of hydrogen-bond donors (Lipinski definition) is 1. The molecule has 0 aliphatic carbocycles. The van der Waals surface area contributed by atoms with Gasteiger partial charge in [-0.2, -0.15) is 5.10 Å². The second kappa shape index (κ2) is 8.66. The monoisotopic (exact) mass is 457 g/mol. The fourth-order valence-corrected chi connectivity index (χ4v) is 3.95. The van der Waals surface area contributed by atoms with E-state index in [4.69, 9.17) is 9.47 Å². The molecule has 10 heteroatoms. The van der Waals surface area contributed by atoms with Gasteiger partial charge >= 0.3 is 11.9 Å². The van der Waals surface area contributed by atoms with Crippen LogP contribution in [0.1, 0.15) is 56.9 Å². The Bertz CT molecular complexity index is 868. The number of hydrogen-bond acceptors (Lipinski definition) is 7. The van der Waals surface area contributed by atoms with Crippen molar-refractivity contribution in [3.63, 3.8) is 0 Å². The first-order chi connectivity index (χ1) is 12.7. The molecule has 0 saturated heterocycles. The van der Waals surface area contributed by atoms with Gasteiger partial charge in [-0.05, 0) is 49.2 Å². The Kier molecular flexibility index (Phi) is 6.77. The predicted molar refractivity (Wildman–Crippen MR) is 104 cm³/mol. The van der Waals surface area contributed by atoms with Crippen molar-refractivity contribution in [2.45, 2.75) is 33.8 Å². The van der Waals surface area contributed by atoms with Crippen LogP contribution in [0.4, 0.5) is 5.00 Å². The second-order valence-electron chi connectivity index (χ2n) is 5.85. The lowest BCUT2D eigenvalue weighted by Crippen LogP contribution is -2.19. The minimum Gasteiger partial charge on any atom is -0.462 e. The van der Waals surface area contributed by atoms with Gasteiger partial charge in [-0.3, -0.25) is 9.48 Å². The smallest absolute Gasteiger partial charge is 0.348 e. The molecular formula is C17H20BrN3O5S. The summed E-state index contributed by atoms with van der Waals surface area (Å²) in [4.78, 5) is 37.7. The molecule has 0 unspecified atom stereocenters. The first-order valence-electron chi connectivity index (χ1n) is 8.17. The minimum absolute atomic E-state index is 0.142. The molecule has 27 heavy (non-hydrogen) atoms. The summed E-state index contributed by atoms with van der Waals surface area (Å²) in [5.74, 6) is -1.65. The van der Waals surface area contributed by atoms with Gasteiger partial charge in [0, 0.05) is 7.05 Å². The van der Waals surface area contributed by atoms with E-state index in [0.717, 1.165) is 11.3 Å². The molecule has 0 saturated carbocycles. The lowest BCUT2D eigenvalue weighted by atomic mass is 10.1. The summed E-state index contributed by atoms with van der Waals surface area (Å²) >= 11 is 4.24. The maximum atomic E-state index is 12.7. The summed E-state index contributed by atoms with van der Waals surface area (Å²) < 4.78 is 12.2. The summed E-state index contributed by atoms with van der Waals surface area (Å²) in [6.45, 7) is 6.95. The Balaban J connectivity index is 2.47. The topological polar surface area (TPSA) is 99.5 Å². The van der Waals surface area contributed by atoms with Crippen molar-refractivity contribution in [2.24, 2.45) is 7.05 Å². The highest BCUT2D eigenvalue weighted by molar-refractivity contribution is 9.10. The van der Waals surface area contributed by atoms with E-state index < -0.39 is 17.8 Å². The summed E-state index contributed by atoms with van der Waals surface area (Å²) in [7, 11) is 1.62. The number of esters is 2. The number of rotatable bonds is 6. The Labute approximate surface area is 169 Å². The molecule has 0 radical (unpaired) electrons. The van der Waals surface area contributed by atoms with Crippen molar-refractivity contribution < 1.29 is 23.9 Å². The van der Waals surface area contributed by atoms with Crippen LogP contribution in [0.5, 0.6) is 0 Å². The van der Waals surface area contributed by atoms with E-state index in [9.17, 15) is 14.4 Å². The van der Waals surface area contributed by atoms with Crippen molar-refractivity contribution in [1.29, 1.82) is 0 Å². The van der Waals surface area contributed by atoms with E-state index in [-0.39, 0.29) is 33.8 Å². The number of thiophene rings is 1. The van der Waals surface area contributed by atoms with Crippen molar-refractivity contribution >= 4 is 50.1 Å². The van der Waals surface area contributed by atoms with Gasteiger partial charge in [-0.25, -0.2) is 9.59 Å². The van der Waals surface area contributed by atoms with Crippen LogP contribution < -0.4 is 5.32 Å². The Morgan fingerprint density at radius 2 is 2.00 bits per heavy atom. The average molecular weight is 458 g/mol. The van der Waals surface area contributed by atoms with Gasteiger partial charge in [0.2, 0.25) is 0 Å².